The number of anilines is 1. The van der Waals surface area contributed by atoms with E-state index in [1.807, 2.05) is 0 Å². The average Bonchev–Trinajstić information content (AvgIpc) is 2.72. The summed E-state index contributed by atoms with van der Waals surface area (Å²) in [5.74, 6) is -0.695. The zero-order valence-electron chi connectivity index (χ0n) is 17.3. The van der Waals surface area contributed by atoms with Crippen molar-refractivity contribution in [3.63, 3.8) is 0 Å². The number of halogens is 3. The van der Waals surface area contributed by atoms with Crippen molar-refractivity contribution in [1.82, 2.24) is 14.9 Å². The van der Waals surface area contributed by atoms with Crippen LogP contribution in [-0.2, 0) is 28.8 Å². The van der Waals surface area contributed by atoms with Gasteiger partial charge in [-0.3, -0.25) is 14.2 Å². The summed E-state index contributed by atoms with van der Waals surface area (Å²) in [6, 6.07) is 4.95. The Kier molecular flexibility index (Phi) is 10.2. The summed E-state index contributed by atoms with van der Waals surface area (Å²) in [6.45, 7) is 1.71. The van der Waals surface area contributed by atoms with Crippen LogP contribution in [0.5, 0.6) is 0 Å². The number of amides is 1. The summed E-state index contributed by atoms with van der Waals surface area (Å²) in [5.41, 5.74) is 9.85. The number of nitrogens with zero attached hydrogens (tertiary/aromatic N) is 3. The largest absolute Gasteiger partial charge is 0.416 e. The highest BCUT2D eigenvalue weighted by Gasteiger charge is 2.30. The maximum Gasteiger partial charge on any atom is 0.416 e. The Hall–Kier alpha value is -3.77. The molecule has 0 aliphatic carbocycles. The lowest BCUT2D eigenvalue weighted by molar-refractivity contribution is -0.137. The van der Waals surface area contributed by atoms with E-state index in [1.54, 1.807) is 13.0 Å². The van der Waals surface area contributed by atoms with Crippen molar-refractivity contribution in [2.75, 3.05) is 25.0 Å². The molecule has 33 heavy (non-hydrogen) atoms. The van der Waals surface area contributed by atoms with Crippen molar-refractivity contribution in [3.05, 3.63) is 57.6 Å². The molecule has 6 N–H and O–H groups in total. The van der Waals surface area contributed by atoms with Crippen LogP contribution in [0, 0.1) is 6.92 Å². The fourth-order valence-corrected chi connectivity index (χ4v) is 2.67. The van der Waals surface area contributed by atoms with Crippen LogP contribution in [-0.4, -0.2) is 41.1 Å². The third-order valence-corrected chi connectivity index (χ3v) is 4.20. The molecule has 2 rings (SSSR count). The molecule has 0 fully saturated rings. The highest BCUT2D eigenvalue weighted by molar-refractivity contribution is 5.76. The lowest BCUT2D eigenvalue weighted by Gasteiger charge is -2.13. The van der Waals surface area contributed by atoms with Gasteiger partial charge in [-0.15, -0.1) is 0 Å². The molecule has 10 nitrogen and oxygen atoms in total. The second kappa shape index (κ2) is 12.3. The normalized spacial score (nSPS) is 10.7. The zero-order chi connectivity index (χ0) is 23.7. The third kappa shape index (κ3) is 8.71. The van der Waals surface area contributed by atoms with Gasteiger partial charge in [0, 0.05) is 18.4 Å². The van der Waals surface area contributed by atoms with Crippen LogP contribution in [0.25, 0.3) is 0 Å². The number of benzene rings is 1. The Morgan fingerprint density at radius 3 is 2.67 bits per heavy atom. The number of carbonyl (C=O) groups excluding carboxylic acids is 1. The van der Waals surface area contributed by atoms with Crippen LogP contribution < -0.4 is 27.7 Å². The van der Waals surface area contributed by atoms with Crippen LogP contribution >= 0.6 is 0 Å². The average molecular weight is 471 g/mol. The number of carbonyl (C=O) groups is 1. The minimum absolute atomic E-state index is 0. The van der Waals surface area contributed by atoms with Crippen molar-refractivity contribution in [1.29, 1.82) is 0 Å². The Balaban J connectivity index is 0.00000544. The molecular weight excluding hydrogens is 443 g/mol. The minimum Gasteiger partial charge on any atom is -0.391 e. The number of alkyl halides is 3. The van der Waals surface area contributed by atoms with E-state index in [4.69, 9.17) is 16.3 Å². The molecule has 0 spiro atoms. The summed E-state index contributed by atoms with van der Waals surface area (Å²) in [5, 5.41) is 8.67. The first kappa shape index (κ1) is 27.3. The third-order valence-electron chi connectivity index (χ3n) is 4.20. The first-order chi connectivity index (χ1) is 15.1. The van der Waals surface area contributed by atoms with E-state index in [0.29, 0.717) is 11.3 Å². The van der Waals surface area contributed by atoms with Gasteiger partial charge in [-0.1, -0.05) is 25.6 Å². The van der Waals surface area contributed by atoms with E-state index < -0.39 is 23.2 Å². The molecule has 0 aliphatic heterocycles. The van der Waals surface area contributed by atoms with Gasteiger partial charge in [0.05, 0.1) is 12.1 Å². The van der Waals surface area contributed by atoms with Gasteiger partial charge in [-0.25, -0.2) is 4.98 Å². The number of nitrogens with one attached hydrogen (secondary N) is 2. The fourth-order valence-electron chi connectivity index (χ4n) is 2.67. The standard InChI is InChI=1S/C19H24F3N7O3.CH4/c1-12-10-27-16(26-6-5-13-3-2-4-14(9-13)19(20,21)22)17(31)29(12)11-15(30)25-7-8-32-28-18(23)24;/h2-4,9-10H,5-8,11H2,1H3,(H,25,30)(H,26,27)(H4,23,24,28);1H4. The first-order valence-corrected chi connectivity index (χ1v) is 9.52. The van der Waals surface area contributed by atoms with Crippen molar-refractivity contribution < 1.29 is 22.8 Å². The number of oxime groups is 1. The van der Waals surface area contributed by atoms with Gasteiger partial charge in [-0.2, -0.15) is 13.2 Å². The molecule has 2 aromatic rings. The lowest BCUT2D eigenvalue weighted by Crippen LogP contribution is -2.36. The molecule has 0 saturated heterocycles. The van der Waals surface area contributed by atoms with E-state index >= 15 is 0 Å². The molecule has 182 valence electrons. The summed E-state index contributed by atoms with van der Waals surface area (Å²) in [6.07, 6.45) is -2.76. The molecule has 1 aromatic carbocycles. The topological polar surface area (TPSA) is 150 Å². The summed E-state index contributed by atoms with van der Waals surface area (Å²) in [7, 11) is 0. The molecule has 0 aliphatic rings. The van der Waals surface area contributed by atoms with Crippen LogP contribution in [0.1, 0.15) is 24.2 Å². The summed E-state index contributed by atoms with van der Waals surface area (Å²) >= 11 is 0. The smallest absolute Gasteiger partial charge is 0.391 e. The SMILES string of the molecule is C.Cc1cnc(NCCc2cccc(C(F)(F)F)c2)c(=O)n1CC(=O)NCCON=C(N)N. The van der Waals surface area contributed by atoms with E-state index in [-0.39, 0.29) is 51.9 Å². The van der Waals surface area contributed by atoms with Gasteiger partial charge in [0.2, 0.25) is 11.9 Å². The number of hydrogen-bond acceptors (Lipinski definition) is 6. The van der Waals surface area contributed by atoms with E-state index in [1.165, 1.54) is 16.8 Å². The Bertz CT molecular complexity index is 1020. The van der Waals surface area contributed by atoms with E-state index in [9.17, 15) is 22.8 Å². The Morgan fingerprint density at radius 2 is 2.00 bits per heavy atom. The summed E-state index contributed by atoms with van der Waals surface area (Å²) < 4.78 is 39.7. The van der Waals surface area contributed by atoms with Gasteiger partial charge in [0.1, 0.15) is 13.2 Å². The lowest BCUT2D eigenvalue weighted by atomic mass is 10.1. The second-order valence-corrected chi connectivity index (χ2v) is 6.71. The highest BCUT2D eigenvalue weighted by atomic mass is 19.4. The highest BCUT2D eigenvalue weighted by Crippen LogP contribution is 2.29. The van der Waals surface area contributed by atoms with Crippen LogP contribution in [0.2, 0.25) is 0 Å². The Labute approximate surface area is 188 Å². The molecular formula is C20H28F3N7O3. The zero-order valence-corrected chi connectivity index (χ0v) is 17.3. The monoisotopic (exact) mass is 471 g/mol. The molecule has 0 atom stereocenters. The fraction of sp³-hybridized carbons (Fsp3) is 0.400. The predicted octanol–water partition coefficient (Wildman–Crippen LogP) is 1.18. The van der Waals surface area contributed by atoms with Crippen molar-refractivity contribution in [3.8, 4) is 0 Å². The number of nitrogens with two attached hydrogens (primary N) is 2. The minimum atomic E-state index is -4.42. The molecule has 13 heteroatoms. The van der Waals surface area contributed by atoms with Crippen molar-refractivity contribution in [2.24, 2.45) is 16.6 Å². The molecule has 0 bridgehead atoms. The number of hydrogen-bond donors (Lipinski definition) is 4. The molecule has 1 aromatic heterocycles. The second-order valence-electron chi connectivity index (χ2n) is 6.71. The van der Waals surface area contributed by atoms with Gasteiger partial charge in [0.25, 0.3) is 5.56 Å². The van der Waals surface area contributed by atoms with Gasteiger partial charge < -0.3 is 26.9 Å². The predicted molar refractivity (Wildman–Crippen MR) is 118 cm³/mol. The van der Waals surface area contributed by atoms with Crippen LogP contribution in [0.4, 0.5) is 19.0 Å². The van der Waals surface area contributed by atoms with Crippen molar-refractivity contribution >= 4 is 17.7 Å². The van der Waals surface area contributed by atoms with Crippen LogP contribution in [0.3, 0.4) is 0 Å². The van der Waals surface area contributed by atoms with Gasteiger partial charge >= 0.3 is 6.18 Å². The Morgan fingerprint density at radius 1 is 1.27 bits per heavy atom. The number of rotatable bonds is 10. The first-order valence-electron chi connectivity index (χ1n) is 9.52. The number of guanidine groups is 1. The van der Waals surface area contributed by atoms with Crippen LogP contribution in [0.15, 0.2) is 40.4 Å². The molecule has 0 radical (unpaired) electrons. The molecule has 0 saturated carbocycles. The number of aryl methyl sites for hydroxylation is 1. The summed E-state index contributed by atoms with van der Waals surface area (Å²) in [4.78, 5) is 33.5. The molecule has 0 unspecified atom stereocenters. The maximum atomic E-state index is 12.8. The number of aromatic nitrogens is 2. The van der Waals surface area contributed by atoms with E-state index in [2.05, 4.69) is 20.8 Å². The van der Waals surface area contributed by atoms with Gasteiger partial charge in [-0.05, 0) is 30.1 Å². The maximum absolute atomic E-state index is 12.8. The quantitative estimate of drug-likeness (QED) is 0.176. The molecule has 1 amide bonds. The van der Waals surface area contributed by atoms with Gasteiger partial charge in [0.15, 0.2) is 5.82 Å². The van der Waals surface area contributed by atoms with E-state index in [0.717, 1.165) is 12.1 Å². The molecule has 1 heterocycles. The van der Waals surface area contributed by atoms with Crippen molar-refractivity contribution in [2.45, 2.75) is 33.5 Å².